The first-order valence-corrected chi connectivity index (χ1v) is 5.88. The van der Waals surface area contributed by atoms with Crippen molar-refractivity contribution in [1.29, 1.82) is 0 Å². The number of hydrogen-bond donors (Lipinski definition) is 1. The van der Waals surface area contributed by atoms with Gasteiger partial charge in [0.05, 0.1) is 10.7 Å². The van der Waals surface area contributed by atoms with Gasteiger partial charge in [0, 0.05) is 31.2 Å². The highest BCUT2D eigenvalue weighted by molar-refractivity contribution is 6.31. The van der Waals surface area contributed by atoms with E-state index in [4.69, 9.17) is 11.6 Å². The summed E-state index contributed by atoms with van der Waals surface area (Å²) in [5.41, 5.74) is 2.07. The highest BCUT2D eigenvalue weighted by atomic mass is 35.5. The molecule has 0 radical (unpaired) electrons. The SMILES string of the molecule is CC(NCc1ccncc1Cl)c1ccccn1. The fourth-order valence-corrected chi connectivity index (χ4v) is 1.73. The van der Waals surface area contributed by atoms with Crippen molar-refractivity contribution in [2.75, 3.05) is 0 Å². The lowest BCUT2D eigenvalue weighted by atomic mass is 10.2. The fraction of sp³-hybridized carbons (Fsp3) is 0.231. The molecule has 0 amide bonds. The zero-order chi connectivity index (χ0) is 12.1. The molecule has 0 aliphatic carbocycles. The summed E-state index contributed by atoms with van der Waals surface area (Å²) in [7, 11) is 0. The Labute approximate surface area is 106 Å². The van der Waals surface area contributed by atoms with Crippen molar-refractivity contribution < 1.29 is 0 Å². The molecule has 0 saturated carbocycles. The maximum Gasteiger partial charge on any atom is 0.0634 e. The Hall–Kier alpha value is -1.45. The second-order valence-corrected chi connectivity index (χ2v) is 4.23. The molecule has 0 fully saturated rings. The summed E-state index contributed by atoms with van der Waals surface area (Å²) in [4.78, 5) is 8.26. The Bertz CT molecular complexity index is 473. The summed E-state index contributed by atoms with van der Waals surface area (Å²) in [6.07, 6.45) is 5.20. The lowest BCUT2D eigenvalue weighted by Gasteiger charge is -2.13. The third kappa shape index (κ3) is 3.25. The molecule has 2 aromatic rings. The van der Waals surface area contributed by atoms with Gasteiger partial charge in [-0.15, -0.1) is 0 Å². The van der Waals surface area contributed by atoms with Gasteiger partial charge < -0.3 is 5.32 Å². The van der Waals surface area contributed by atoms with Crippen LogP contribution in [-0.4, -0.2) is 9.97 Å². The van der Waals surface area contributed by atoms with Crippen molar-refractivity contribution in [2.45, 2.75) is 19.5 Å². The van der Waals surface area contributed by atoms with E-state index in [0.29, 0.717) is 11.6 Å². The molecule has 3 nitrogen and oxygen atoms in total. The molecule has 0 aromatic carbocycles. The van der Waals surface area contributed by atoms with Crippen molar-refractivity contribution in [1.82, 2.24) is 15.3 Å². The molecule has 1 unspecified atom stereocenters. The van der Waals surface area contributed by atoms with E-state index >= 15 is 0 Å². The minimum Gasteiger partial charge on any atom is -0.305 e. The minimum atomic E-state index is 0.195. The highest BCUT2D eigenvalue weighted by Gasteiger charge is 2.06. The third-order valence-corrected chi connectivity index (χ3v) is 2.93. The van der Waals surface area contributed by atoms with Gasteiger partial charge in [-0.2, -0.15) is 0 Å². The van der Waals surface area contributed by atoms with E-state index in [-0.39, 0.29) is 6.04 Å². The van der Waals surface area contributed by atoms with Crippen molar-refractivity contribution >= 4 is 11.6 Å². The van der Waals surface area contributed by atoms with E-state index in [9.17, 15) is 0 Å². The number of halogens is 1. The molecule has 1 atom stereocenters. The van der Waals surface area contributed by atoms with Crippen molar-refractivity contribution in [2.24, 2.45) is 0 Å². The van der Waals surface area contributed by atoms with Crippen LogP contribution in [-0.2, 0) is 6.54 Å². The van der Waals surface area contributed by atoms with Gasteiger partial charge in [0.25, 0.3) is 0 Å². The molecular formula is C13H14ClN3. The number of aromatic nitrogens is 2. The maximum atomic E-state index is 6.04. The number of nitrogens with zero attached hydrogens (tertiary/aromatic N) is 2. The zero-order valence-corrected chi connectivity index (χ0v) is 10.4. The van der Waals surface area contributed by atoms with Crippen LogP contribution in [0, 0.1) is 0 Å². The predicted octanol–water partition coefficient (Wildman–Crippen LogP) is 2.98. The molecule has 0 aliphatic heterocycles. The smallest absolute Gasteiger partial charge is 0.0634 e. The standard InChI is InChI=1S/C13H14ClN3/c1-10(13-4-2-3-6-16-13)17-8-11-5-7-15-9-12(11)14/h2-7,9-10,17H,8H2,1H3. The van der Waals surface area contributed by atoms with Crippen molar-refractivity contribution in [3.8, 4) is 0 Å². The predicted molar refractivity (Wildman–Crippen MR) is 68.7 cm³/mol. The summed E-state index contributed by atoms with van der Waals surface area (Å²) in [5, 5.41) is 4.07. The molecule has 2 aromatic heterocycles. The van der Waals surface area contributed by atoms with E-state index in [1.807, 2.05) is 24.3 Å². The molecule has 0 spiro atoms. The van der Waals surface area contributed by atoms with E-state index in [0.717, 1.165) is 11.3 Å². The molecular weight excluding hydrogens is 234 g/mol. The summed E-state index contributed by atoms with van der Waals surface area (Å²) >= 11 is 6.04. The molecule has 4 heteroatoms. The topological polar surface area (TPSA) is 37.8 Å². The first-order valence-electron chi connectivity index (χ1n) is 5.50. The largest absolute Gasteiger partial charge is 0.305 e. The lowest BCUT2D eigenvalue weighted by Crippen LogP contribution is -2.19. The average Bonchev–Trinajstić information content (AvgIpc) is 2.38. The first-order chi connectivity index (χ1) is 8.27. The fourth-order valence-electron chi connectivity index (χ4n) is 1.55. The van der Waals surface area contributed by atoms with Crippen LogP contribution in [0.2, 0.25) is 5.02 Å². The second-order valence-electron chi connectivity index (χ2n) is 3.82. The molecule has 2 rings (SSSR count). The quantitative estimate of drug-likeness (QED) is 0.903. The average molecular weight is 248 g/mol. The minimum absolute atomic E-state index is 0.195. The normalized spacial score (nSPS) is 12.4. The van der Waals surface area contributed by atoms with Crippen molar-refractivity contribution in [3.63, 3.8) is 0 Å². The monoisotopic (exact) mass is 247 g/mol. The van der Waals surface area contributed by atoms with Crippen molar-refractivity contribution in [3.05, 3.63) is 59.1 Å². The van der Waals surface area contributed by atoms with Gasteiger partial charge in [0.1, 0.15) is 0 Å². The van der Waals surface area contributed by atoms with Crippen LogP contribution < -0.4 is 5.32 Å². The molecule has 88 valence electrons. The van der Waals surface area contributed by atoms with E-state index < -0.39 is 0 Å². The molecule has 1 N–H and O–H groups in total. The lowest BCUT2D eigenvalue weighted by molar-refractivity contribution is 0.561. The Morgan fingerprint density at radius 3 is 2.88 bits per heavy atom. The van der Waals surface area contributed by atoms with Gasteiger partial charge in [-0.25, -0.2) is 0 Å². The van der Waals surface area contributed by atoms with E-state index in [2.05, 4.69) is 22.2 Å². The van der Waals surface area contributed by atoms with Gasteiger partial charge in [-0.1, -0.05) is 17.7 Å². The molecule has 2 heterocycles. The van der Waals surface area contributed by atoms with Gasteiger partial charge in [0.2, 0.25) is 0 Å². The Morgan fingerprint density at radius 2 is 2.18 bits per heavy atom. The number of rotatable bonds is 4. The van der Waals surface area contributed by atoms with Crippen LogP contribution >= 0.6 is 11.6 Å². The van der Waals surface area contributed by atoms with Crippen LogP contribution in [0.5, 0.6) is 0 Å². The van der Waals surface area contributed by atoms with E-state index in [1.54, 1.807) is 18.6 Å². The summed E-state index contributed by atoms with van der Waals surface area (Å²) in [5.74, 6) is 0. The van der Waals surface area contributed by atoms with Crippen LogP contribution in [0.4, 0.5) is 0 Å². The third-order valence-electron chi connectivity index (χ3n) is 2.59. The Kier molecular flexibility index (Phi) is 4.07. The highest BCUT2D eigenvalue weighted by Crippen LogP contribution is 2.15. The van der Waals surface area contributed by atoms with Gasteiger partial charge in [-0.3, -0.25) is 9.97 Å². The van der Waals surface area contributed by atoms with Gasteiger partial charge >= 0.3 is 0 Å². The van der Waals surface area contributed by atoms with Crippen LogP contribution in [0.25, 0.3) is 0 Å². The summed E-state index contributed by atoms with van der Waals surface area (Å²) < 4.78 is 0. The van der Waals surface area contributed by atoms with Crippen LogP contribution in [0.3, 0.4) is 0 Å². The van der Waals surface area contributed by atoms with Crippen LogP contribution in [0.1, 0.15) is 24.2 Å². The Balaban J connectivity index is 1.97. The molecule has 0 bridgehead atoms. The number of hydrogen-bond acceptors (Lipinski definition) is 3. The number of pyridine rings is 2. The first kappa shape index (κ1) is 12.0. The number of nitrogens with one attached hydrogen (secondary N) is 1. The molecule has 0 saturated heterocycles. The summed E-state index contributed by atoms with van der Waals surface area (Å²) in [6.45, 7) is 2.79. The second kappa shape index (κ2) is 5.75. The summed E-state index contributed by atoms with van der Waals surface area (Å²) in [6, 6.07) is 8.02. The van der Waals surface area contributed by atoms with Gasteiger partial charge in [-0.05, 0) is 30.7 Å². The Morgan fingerprint density at radius 1 is 1.29 bits per heavy atom. The molecule has 0 aliphatic rings. The zero-order valence-electron chi connectivity index (χ0n) is 9.60. The van der Waals surface area contributed by atoms with E-state index in [1.165, 1.54) is 0 Å². The maximum absolute atomic E-state index is 6.04. The molecule has 17 heavy (non-hydrogen) atoms. The van der Waals surface area contributed by atoms with Gasteiger partial charge in [0.15, 0.2) is 0 Å². The van der Waals surface area contributed by atoms with Crippen LogP contribution in [0.15, 0.2) is 42.9 Å².